The van der Waals surface area contributed by atoms with Crippen molar-refractivity contribution < 1.29 is 19.7 Å². The minimum absolute atomic E-state index is 0.0103. The van der Waals surface area contributed by atoms with E-state index in [0.29, 0.717) is 4.48 Å². The topological polar surface area (TPSA) is 70.0 Å². The maximum Gasteiger partial charge on any atom is 0.262 e. The number of hydrogen-bond acceptors (Lipinski definition) is 4. The van der Waals surface area contributed by atoms with Crippen LogP contribution in [0.1, 0.15) is 12.5 Å². The largest absolute Gasteiger partial charge is 0.388 e. The molecule has 1 amide bonds. The van der Waals surface area contributed by atoms with Gasteiger partial charge in [0.1, 0.15) is 11.6 Å². The smallest absolute Gasteiger partial charge is 0.262 e. The average molecular weight is 471 g/mol. The van der Waals surface area contributed by atoms with Crippen molar-refractivity contribution in [3.63, 3.8) is 0 Å². The number of benzene rings is 1. The summed E-state index contributed by atoms with van der Waals surface area (Å²) in [5.41, 5.74) is 0.671. The van der Waals surface area contributed by atoms with Gasteiger partial charge in [-0.2, -0.15) is 0 Å². The number of alkyl halides is 1. The molecule has 2 heterocycles. The van der Waals surface area contributed by atoms with E-state index in [-0.39, 0.29) is 12.5 Å². The third-order valence-corrected chi connectivity index (χ3v) is 7.01. The lowest BCUT2D eigenvalue weighted by atomic mass is 9.72. The average Bonchev–Trinajstić information content (AvgIpc) is 2.79. The number of rotatable bonds is 1. The van der Waals surface area contributed by atoms with Crippen molar-refractivity contribution in [1.82, 2.24) is 4.90 Å². The van der Waals surface area contributed by atoms with E-state index in [1.807, 2.05) is 30.3 Å². The van der Waals surface area contributed by atoms with Crippen LogP contribution in [0.5, 0.6) is 0 Å². The predicted molar refractivity (Wildman–Crippen MR) is 100 cm³/mol. The van der Waals surface area contributed by atoms with Gasteiger partial charge in [-0.15, -0.1) is 0 Å². The van der Waals surface area contributed by atoms with Crippen molar-refractivity contribution in [2.75, 3.05) is 6.54 Å². The Morgan fingerprint density at radius 2 is 1.96 bits per heavy atom. The van der Waals surface area contributed by atoms with Gasteiger partial charge in [-0.05, 0) is 28.4 Å². The zero-order chi connectivity index (χ0) is 18.0. The molecular weight excluding hydrogens is 454 g/mol. The number of aliphatic hydroxyl groups excluding tert-OH is 1. The van der Waals surface area contributed by atoms with Crippen LogP contribution in [0, 0.1) is 0 Å². The van der Waals surface area contributed by atoms with Crippen LogP contribution in [0.25, 0.3) is 5.57 Å². The second-order valence-corrected chi connectivity index (χ2v) is 8.54. The summed E-state index contributed by atoms with van der Waals surface area (Å²) < 4.78 is 6.36. The van der Waals surface area contributed by atoms with Crippen LogP contribution in [0.15, 0.2) is 47.0 Å². The van der Waals surface area contributed by atoms with Gasteiger partial charge in [0, 0.05) is 5.57 Å². The molecular formula is C18H17Br2NO4. The number of carbonyl (C=O) groups excluding carboxylic acids is 1. The van der Waals surface area contributed by atoms with Gasteiger partial charge in [0.25, 0.3) is 5.91 Å². The number of amides is 1. The molecule has 1 aliphatic carbocycles. The standard InChI is InChI=1S/C18H17Br2NO4/c1-17(24)9-21-16(23)14(19)13(10-5-3-2-4-6-10)18(21)12(25-17)8-7-11(22)15(18)20/h2-8,11-12,15,22,24H,9H2,1H3. The van der Waals surface area contributed by atoms with E-state index < -0.39 is 28.4 Å². The van der Waals surface area contributed by atoms with Crippen molar-refractivity contribution in [1.29, 1.82) is 0 Å². The fourth-order valence-corrected chi connectivity index (χ4v) is 5.74. The van der Waals surface area contributed by atoms with Gasteiger partial charge in [0.05, 0.1) is 22.0 Å². The SMILES string of the molecule is CC1(O)CN2C(=O)C(Br)=C(c3ccccc3)C23C(C=CC(O)C3Br)O1. The highest BCUT2D eigenvalue weighted by Gasteiger charge is 2.66. The first kappa shape index (κ1) is 17.4. The number of morpholine rings is 1. The molecule has 5 atom stereocenters. The van der Waals surface area contributed by atoms with Gasteiger partial charge in [-0.1, -0.05) is 58.4 Å². The number of halogens is 2. The highest BCUT2D eigenvalue weighted by atomic mass is 79.9. The van der Waals surface area contributed by atoms with E-state index >= 15 is 0 Å². The summed E-state index contributed by atoms with van der Waals surface area (Å²) in [6.45, 7) is 1.55. The summed E-state index contributed by atoms with van der Waals surface area (Å²) in [4.78, 5) is 14.2. The molecule has 5 unspecified atom stereocenters. The first-order valence-electron chi connectivity index (χ1n) is 7.97. The van der Waals surface area contributed by atoms with Crippen LogP contribution in [0.4, 0.5) is 0 Å². The Morgan fingerprint density at radius 1 is 1.28 bits per heavy atom. The van der Waals surface area contributed by atoms with E-state index in [1.54, 1.807) is 24.0 Å². The Bertz CT molecular complexity index is 792. The number of hydrogen-bond donors (Lipinski definition) is 2. The Morgan fingerprint density at radius 3 is 2.64 bits per heavy atom. The number of β-amino-alcohol motifs (C(OH)–C–C–N with tert-alkyl or cyclic N) is 1. The molecule has 0 bridgehead atoms. The second kappa shape index (κ2) is 5.76. The Balaban J connectivity index is 1.99. The molecule has 2 N–H and O–H groups in total. The molecule has 1 aromatic rings. The van der Waals surface area contributed by atoms with Crippen molar-refractivity contribution >= 4 is 43.3 Å². The summed E-state index contributed by atoms with van der Waals surface area (Å²) >= 11 is 7.08. The summed E-state index contributed by atoms with van der Waals surface area (Å²) in [5, 5.41) is 21.0. The Labute approximate surface area is 162 Å². The monoisotopic (exact) mass is 469 g/mol. The normalized spacial score (nSPS) is 40.3. The molecule has 0 radical (unpaired) electrons. The summed E-state index contributed by atoms with van der Waals surface area (Å²) in [5.74, 6) is -1.69. The molecule has 1 saturated heterocycles. The molecule has 1 fully saturated rings. The minimum Gasteiger partial charge on any atom is -0.388 e. The van der Waals surface area contributed by atoms with Crippen LogP contribution < -0.4 is 0 Å². The van der Waals surface area contributed by atoms with E-state index in [4.69, 9.17) is 4.74 Å². The number of nitrogens with zero attached hydrogens (tertiary/aromatic N) is 1. The van der Waals surface area contributed by atoms with Crippen LogP contribution in [0.2, 0.25) is 0 Å². The van der Waals surface area contributed by atoms with E-state index in [1.165, 1.54) is 0 Å². The maximum absolute atomic E-state index is 13.0. The third kappa shape index (κ3) is 2.33. The molecule has 1 spiro atoms. The van der Waals surface area contributed by atoms with Gasteiger partial charge >= 0.3 is 0 Å². The molecule has 132 valence electrons. The van der Waals surface area contributed by atoms with Crippen molar-refractivity contribution in [2.45, 2.75) is 35.3 Å². The Hall–Kier alpha value is -0.990. The molecule has 7 heteroatoms. The summed E-state index contributed by atoms with van der Waals surface area (Å²) in [6, 6.07) is 9.57. The van der Waals surface area contributed by atoms with Crippen LogP contribution in [-0.2, 0) is 9.53 Å². The molecule has 2 aliphatic heterocycles. The number of carbonyl (C=O) groups is 1. The second-order valence-electron chi connectivity index (χ2n) is 6.76. The summed E-state index contributed by atoms with van der Waals surface area (Å²) in [6.07, 6.45) is 1.97. The van der Waals surface area contributed by atoms with Crippen LogP contribution in [-0.4, -0.2) is 55.9 Å². The van der Waals surface area contributed by atoms with Gasteiger partial charge in [-0.3, -0.25) is 4.79 Å². The lowest BCUT2D eigenvalue weighted by molar-refractivity contribution is -0.269. The maximum atomic E-state index is 13.0. The first-order chi connectivity index (χ1) is 11.8. The molecule has 4 rings (SSSR count). The van der Waals surface area contributed by atoms with Gasteiger partial charge in [-0.25, -0.2) is 0 Å². The molecule has 1 aromatic carbocycles. The van der Waals surface area contributed by atoms with Gasteiger partial charge in [0.2, 0.25) is 0 Å². The van der Waals surface area contributed by atoms with Gasteiger partial charge < -0.3 is 19.8 Å². The molecule has 25 heavy (non-hydrogen) atoms. The minimum atomic E-state index is -1.47. The lowest BCUT2D eigenvalue weighted by Crippen LogP contribution is -2.72. The van der Waals surface area contributed by atoms with E-state index in [2.05, 4.69) is 31.9 Å². The van der Waals surface area contributed by atoms with E-state index in [9.17, 15) is 15.0 Å². The Kier molecular flexibility index (Phi) is 4.01. The number of ether oxygens (including phenoxy) is 1. The van der Waals surface area contributed by atoms with Crippen LogP contribution >= 0.6 is 31.9 Å². The van der Waals surface area contributed by atoms with Crippen LogP contribution in [0.3, 0.4) is 0 Å². The molecule has 0 aromatic heterocycles. The molecule has 5 nitrogen and oxygen atoms in total. The summed E-state index contributed by atoms with van der Waals surface area (Å²) in [7, 11) is 0. The lowest BCUT2D eigenvalue weighted by Gasteiger charge is -2.56. The number of aliphatic hydroxyl groups is 2. The quantitative estimate of drug-likeness (QED) is 0.487. The fraction of sp³-hybridized carbons (Fsp3) is 0.389. The zero-order valence-electron chi connectivity index (χ0n) is 13.4. The molecule has 3 aliphatic rings. The third-order valence-electron chi connectivity index (χ3n) is 5.03. The van der Waals surface area contributed by atoms with E-state index in [0.717, 1.165) is 11.1 Å². The van der Waals surface area contributed by atoms with Crippen molar-refractivity contribution in [2.24, 2.45) is 0 Å². The highest BCUT2D eigenvalue weighted by Crippen LogP contribution is 2.55. The van der Waals surface area contributed by atoms with Crippen molar-refractivity contribution in [3.05, 3.63) is 52.5 Å². The fourth-order valence-electron chi connectivity index (χ4n) is 4.06. The van der Waals surface area contributed by atoms with Crippen molar-refractivity contribution in [3.8, 4) is 0 Å². The zero-order valence-corrected chi connectivity index (χ0v) is 16.6. The highest BCUT2D eigenvalue weighted by molar-refractivity contribution is 9.12. The molecule has 0 saturated carbocycles. The van der Waals surface area contributed by atoms with Gasteiger partial charge in [0.15, 0.2) is 5.79 Å². The predicted octanol–water partition coefficient (Wildman–Crippen LogP) is 2.18. The first-order valence-corrected chi connectivity index (χ1v) is 9.68.